The van der Waals surface area contributed by atoms with Crippen molar-refractivity contribution in [2.45, 2.75) is 4.90 Å². The fourth-order valence-corrected chi connectivity index (χ4v) is 3.52. The molecule has 8 nitrogen and oxygen atoms in total. The SMILES string of the molecule is COc1ccc(OC)c(S(=O)(=O)N(C)c2ccc(C(=O)NO)cc2)c1. The summed E-state index contributed by atoms with van der Waals surface area (Å²) < 4.78 is 37.1. The van der Waals surface area contributed by atoms with Crippen LogP contribution in [0.3, 0.4) is 0 Å². The van der Waals surface area contributed by atoms with E-state index < -0.39 is 15.9 Å². The van der Waals surface area contributed by atoms with E-state index in [1.165, 1.54) is 63.1 Å². The van der Waals surface area contributed by atoms with E-state index in [9.17, 15) is 13.2 Å². The van der Waals surface area contributed by atoms with Gasteiger partial charge in [-0.15, -0.1) is 0 Å². The molecule has 2 N–H and O–H groups in total. The summed E-state index contributed by atoms with van der Waals surface area (Å²) in [4.78, 5) is 11.3. The van der Waals surface area contributed by atoms with Gasteiger partial charge in [0.2, 0.25) is 0 Å². The Hall–Kier alpha value is -2.78. The van der Waals surface area contributed by atoms with Crippen LogP contribution in [0.4, 0.5) is 5.69 Å². The second kappa shape index (κ2) is 7.41. The van der Waals surface area contributed by atoms with Crippen molar-refractivity contribution in [2.24, 2.45) is 0 Å². The maximum absolute atomic E-state index is 12.9. The molecular formula is C16H18N2O6S. The van der Waals surface area contributed by atoms with Crippen LogP contribution in [0.5, 0.6) is 11.5 Å². The maximum Gasteiger partial charge on any atom is 0.274 e. The highest BCUT2D eigenvalue weighted by atomic mass is 32.2. The molecule has 25 heavy (non-hydrogen) atoms. The highest BCUT2D eigenvalue weighted by Gasteiger charge is 2.26. The number of nitrogens with one attached hydrogen (secondary N) is 1. The first kappa shape index (κ1) is 18.6. The molecule has 0 fully saturated rings. The fraction of sp³-hybridized carbons (Fsp3) is 0.188. The number of carbonyl (C=O) groups is 1. The molecule has 0 saturated heterocycles. The van der Waals surface area contributed by atoms with Crippen LogP contribution in [0, 0.1) is 0 Å². The molecule has 0 aliphatic heterocycles. The molecule has 0 atom stereocenters. The molecule has 2 aromatic carbocycles. The van der Waals surface area contributed by atoms with Crippen LogP contribution in [0.1, 0.15) is 10.4 Å². The smallest absolute Gasteiger partial charge is 0.274 e. The summed E-state index contributed by atoms with van der Waals surface area (Å²) in [5.74, 6) is -0.127. The normalized spacial score (nSPS) is 10.9. The van der Waals surface area contributed by atoms with Gasteiger partial charge in [0.25, 0.3) is 15.9 Å². The van der Waals surface area contributed by atoms with Gasteiger partial charge in [-0.1, -0.05) is 0 Å². The molecule has 9 heteroatoms. The van der Waals surface area contributed by atoms with Gasteiger partial charge in [-0.05, 0) is 36.4 Å². The lowest BCUT2D eigenvalue weighted by molar-refractivity contribution is 0.0706. The second-order valence-corrected chi connectivity index (χ2v) is 6.91. The van der Waals surface area contributed by atoms with Crippen LogP contribution in [-0.2, 0) is 10.0 Å². The summed E-state index contributed by atoms with van der Waals surface area (Å²) in [5, 5.41) is 8.62. The molecule has 2 rings (SSSR count). The molecule has 0 radical (unpaired) electrons. The molecule has 0 aliphatic carbocycles. The third-order valence-electron chi connectivity index (χ3n) is 3.60. The van der Waals surface area contributed by atoms with E-state index in [2.05, 4.69) is 0 Å². The number of rotatable bonds is 6. The van der Waals surface area contributed by atoms with Crippen molar-refractivity contribution in [1.82, 2.24) is 5.48 Å². The monoisotopic (exact) mass is 366 g/mol. The van der Waals surface area contributed by atoms with Gasteiger partial charge in [0.05, 0.1) is 19.9 Å². The predicted molar refractivity (Wildman–Crippen MR) is 90.8 cm³/mol. The summed E-state index contributed by atoms with van der Waals surface area (Å²) in [6.45, 7) is 0. The third kappa shape index (κ3) is 3.67. The first-order valence-electron chi connectivity index (χ1n) is 7.10. The van der Waals surface area contributed by atoms with Gasteiger partial charge in [-0.25, -0.2) is 13.9 Å². The number of ether oxygens (including phenoxy) is 2. The lowest BCUT2D eigenvalue weighted by Gasteiger charge is -2.21. The quantitative estimate of drug-likeness (QED) is 0.595. The number of sulfonamides is 1. The van der Waals surface area contributed by atoms with Crippen LogP contribution in [0.2, 0.25) is 0 Å². The number of carbonyl (C=O) groups excluding carboxylic acids is 1. The number of hydroxylamine groups is 1. The number of hydrogen-bond donors (Lipinski definition) is 2. The maximum atomic E-state index is 12.9. The van der Waals surface area contributed by atoms with Crippen LogP contribution < -0.4 is 19.3 Å². The van der Waals surface area contributed by atoms with Gasteiger partial charge in [0, 0.05) is 18.7 Å². The van der Waals surface area contributed by atoms with Crippen LogP contribution in [0.15, 0.2) is 47.4 Å². The molecule has 134 valence electrons. The highest BCUT2D eigenvalue weighted by Crippen LogP contribution is 2.32. The Labute approximate surface area is 145 Å². The van der Waals surface area contributed by atoms with Gasteiger partial charge in [0.15, 0.2) is 0 Å². The van der Waals surface area contributed by atoms with E-state index in [-0.39, 0.29) is 16.2 Å². The zero-order valence-electron chi connectivity index (χ0n) is 13.9. The number of anilines is 1. The lowest BCUT2D eigenvalue weighted by atomic mass is 10.2. The highest BCUT2D eigenvalue weighted by molar-refractivity contribution is 7.92. The Morgan fingerprint density at radius 1 is 1.08 bits per heavy atom. The van der Waals surface area contributed by atoms with E-state index >= 15 is 0 Å². The van der Waals surface area contributed by atoms with Crippen molar-refractivity contribution in [3.8, 4) is 11.5 Å². The first-order chi connectivity index (χ1) is 11.8. The molecule has 0 unspecified atom stereocenters. The van der Waals surface area contributed by atoms with Crippen molar-refractivity contribution < 1.29 is 27.9 Å². The van der Waals surface area contributed by atoms with E-state index in [0.717, 1.165) is 4.31 Å². The lowest BCUT2D eigenvalue weighted by Crippen LogP contribution is -2.27. The van der Waals surface area contributed by atoms with Crippen LogP contribution in [-0.4, -0.2) is 40.8 Å². The largest absolute Gasteiger partial charge is 0.497 e. The summed E-state index contributed by atoms with van der Waals surface area (Å²) in [7, 11) is 0.272. The summed E-state index contributed by atoms with van der Waals surface area (Å²) in [5.41, 5.74) is 2.04. The Kier molecular flexibility index (Phi) is 5.50. The average Bonchev–Trinajstić information content (AvgIpc) is 2.66. The van der Waals surface area contributed by atoms with Gasteiger partial charge in [-0.3, -0.25) is 14.3 Å². The van der Waals surface area contributed by atoms with Crippen molar-refractivity contribution in [3.05, 3.63) is 48.0 Å². The minimum absolute atomic E-state index is 0.0472. The predicted octanol–water partition coefficient (Wildman–Crippen LogP) is 1.65. The molecule has 0 heterocycles. The van der Waals surface area contributed by atoms with Crippen molar-refractivity contribution in [3.63, 3.8) is 0 Å². The van der Waals surface area contributed by atoms with E-state index in [1.807, 2.05) is 0 Å². The van der Waals surface area contributed by atoms with Gasteiger partial charge < -0.3 is 9.47 Å². The molecule has 0 spiro atoms. The summed E-state index contributed by atoms with van der Waals surface area (Å²) in [6.07, 6.45) is 0. The molecular weight excluding hydrogens is 348 g/mol. The van der Waals surface area contributed by atoms with E-state index in [4.69, 9.17) is 14.7 Å². The Morgan fingerprint density at radius 3 is 2.24 bits per heavy atom. The first-order valence-corrected chi connectivity index (χ1v) is 8.54. The Morgan fingerprint density at radius 2 is 1.72 bits per heavy atom. The molecule has 1 amide bonds. The van der Waals surface area contributed by atoms with Crippen LogP contribution >= 0.6 is 0 Å². The molecule has 0 saturated carbocycles. The van der Waals surface area contributed by atoms with Gasteiger partial charge >= 0.3 is 0 Å². The number of methoxy groups -OCH3 is 2. The van der Waals surface area contributed by atoms with Crippen molar-refractivity contribution in [1.29, 1.82) is 0 Å². The standard InChI is InChI=1S/C16H18N2O6S/c1-18(12-6-4-11(5-7-12)16(19)17-20)25(21,22)15-10-13(23-2)8-9-14(15)24-3/h4-10,20H,1-3H3,(H,17,19). The topological polar surface area (TPSA) is 105 Å². The summed E-state index contributed by atoms with van der Waals surface area (Å²) in [6, 6.07) is 10.2. The van der Waals surface area contributed by atoms with E-state index in [1.54, 1.807) is 6.07 Å². The Balaban J connectivity index is 2.44. The van der Waals surface area contributed by atoms with Crippen LogP contribution in [0.25, 0.3) is 0 Å². The fourth-order valence-electron chi connectivity index (χ4n) is 2.16. The summed E-state index contributed by atoms with van der Waals surface area (Å²) >= 11 is 0. The molecule has 2 aromatic rings. The van der Waals surface area contributed by atoms with E-state index in [0.29, 0.717) is 11.4 Å². The minimum Gasteiger partial charge on any atom is -0.497 e. The van der Waals surface area contributed by atoms with Crippen molar-refractivity contribution >= 4 is 21.6 Å². The molecule has 0 aromatic heterocycles. The second-order valence-electron chi connectivity index (χ2n) is 4.98. The minimum atomic E-state index is -3.93. The number of amides is 1. The number of nitrogens with zero attached hydrogens (tertiary/aromatic N) is 1. The molecule has 0 bridgehead atoms. The van der Waals surface area contributed by atoms with Gasteiger partial charge in [0.1, 0.15) is 16.4 Å². The Bertz CT molecular complexity index is 865. The van der Waals surface area contributed by atoms with Gasteiger partial charge in [-0.2, -0.15) is 0 Å². The molecule has 0 aliphatic rings. The number of hydrogen-bond acceptors (Lipinski definition) is 6. The third-order valence-corrected chi connectivity index (χ3v) is 5.41. The number of benzene rings is 2. The van der Waals surface area contributed by atoms with Crippen molar-refractivity contribution in [2.75, 3.05) is 25.6 Å². The zero-order valence-corrected chi connectivity index (χ0v) is 14.7. The zero-order chi connectivity index (χ0) is 18.6. The average molecular weight is 366 g/mol.